The van der Waals surface area contributed by atoms with Crippen molar-refractivity contribution in [1.82, 2.24) is 5.32 Å². The molecule has 1 N–H and O–H groups in total. The molecular formula is C15H18BrF2NO3. The number of ether oxygens (including phenoxy) is 1. The number of hydrogen-bond acceptors (Lipinski definition) is 3. The SMILES string of the molecule is CC(C)(C)OC(=O)NCCCC(=O)c1c(F)cc(F)cc1Br. The standard InChI is InChI=1S/C15H18BrF2NO3/c1-15(2,3)22-14(21)19-6-4-5-12(20)13-10(16)7-9(17)8-11(13)18/h7-8H,4-6H2,1-3H3,(H,19,21). The van der Waals surface area contributed by atoms with Gasteiger partial charge in [0.2, 0.25) is 0 Å². The molecule has 1 amide bonds. The Balaban J connectivity index is 2.46. The van der Waals surface area contributed by atoms with Gasteiger partial charge in [-0.3, -0.25) is 4.79 Å². The van der Waals surface area contributed by atoms with E-state index in [4.69, 9.17) is 4.74 Å². The van der Waals surface area contributed by atoms with Gasteiger partial charge >= 0.3 is 6.09 Å². The largest absolute Gasteiger partial charge is 0.444 e. The second kappa shape index (κ2) is 7.67. The monoisotopic (exact) mass is 377 g/mol. The molecule has 0 spiro atoms. The summed E-state index contributed by atoms with van der Waals surface area (Å²) in [5.74, 6) is -2.13. The van der Waals surface area contributed by atoms with E-state index in [1.54, 1.807) is 20.8 Å². The molecule has 4 nitrogen and oxygen atoms in total. The van der Waals surface area contributed by atoms with E-state index in [1.165, 1.54) is 0 Å². The van der Waals surface area contributed by atoms with Crippen molar-refractivity contribution < 1.29 is 23.1 Å². The van der Waals surface area contributed by atoms with E-state index in [9.17, 15) is 18.4 Å². The highest BCUT2D eigenvalue weighted by Gasteiger charge is 2.18. The lowest BCUT2D eigenvalue weighted by Gasteiger charge is -2.19. The first-order chi connectivity index (χ1) is 10.1. The molecule has 0 saturated heterocycles. The lowest BCUT2D eigenvalue weighted by Crippen LogP contribution is -2.33. The van der Waals surface area contributed by atoms with Crippen molar-refractivity contribution in [2.24, 2.45) is 0 Å². The molecule has 0 saturated carbocycles. The number of hydrogen-bond donors (Lipinski definition) is 1. The van der Waals surface area contributed by atoms with Crippen LogP contribution in [0.4, 0.5) is 13.6 Å². The van der Waals surface area contributed by atoms with Crippen molar-refractivity contribution in [2.45, 2.75) is 39.2 Å². The predicted octanol–water partition coefficient (Wildman–Crippen LogP) is 4.21. The molecule has 1 rings (SSSR count). The number of rotatable bonds is 5. The summed E-state index contributed by atoms with van der Waals surface area (Å²) in [6.45, 7) is 5.45. The number of nitrogens with one attached hydrogen (secondary N) is 1. The molecule has 122 valence electrons. The zero-order chi connectivity index (χ0) is 16.9. The molecule has 1 aromatic carbocycles. The van der Waals surface area contributed by atoms with Crippen LogP contribution in [0.1, 0.15) is 44.0 Å². The first kappa shape index (κ1) is 18.5. The molecule has 0 aliphatic rings. The van der Waals surface area contributed by atoms with Gasteiger partial charge in [0.1, 0.15) is 17.2 Å². The summed E-state index contributed by atoms with van der Waals surface area (Å²) in [7, 11) is 0. The van der Waals surface area contributed by atoms with Crippen LogP contribution in [0.3, 0.4) is 0 Å². The molecule has 0 unspecified atom stereocenters. The molecule has 0 heterocycles. The van der Waals surface area contributed by atoms with E-state index in [0.29, 0.717) is 12.5 Å². The van der Waals surface area contributed by atoms with E-state index in [1.807, 2.05) is 0 Å². The summed E-state index contributed by atoms with van der Waals surface area (Å²) in [5.41, 5.74) is -0.777. The van der Waals surface area contributed by atoms with Gasteiger partial charge in [0.25, 0.3) is 0 Å². The third kappa shape index (κ3) is 6.09. The van der Waals surface area contributed by atoms with Crippen LogP contribution in [-0.4, -0.2) is 24.0 Å². The minimum Gasteiger partial charge on any atom is -0.444 e. The zero-order valence-corrected chi connectivity index (χ0v) is 14.2. The van der Waals surface area contributed by atoms with Gasteiger partial charge in [0, 0.05) is 23.5 Å². The van der Waals surface area contributed by atoms with E-state index in [-0.39, 0.29) is 23.0 Å². The highest BCUT2D eigenvalue weighted by molar-refractivity contribution is 9.10. The van der Waals surface area contributed by atoms with Gasteiger partial charge in [-0.15, -0.1) is 0 Å². The third-order valence-corrected chi connectivity index (χ3v) is 3.16. The number of amides is 1. The quantitative estimate of drug-likeness (QED) is 0.617. The van der Waals surface area contributed by atoms with Crippen molar-refractivity contribution in [3.63, 3.8) is 0 Å². The van der Waals surface area contributed by atoms with Crippen molar-refractivity contribution in [3.05, 3.63) is 33.8 Å². The molecule has 0 fully saturated rings. The van der Waals surface area contributed by atoms with E-state index >= 15 is 0 Å². The molecule has 0 aliphatic carbocycles. The Kier molecular flexibility index (Phi) is 6.47. The number of carbonyl (C=O) groups excluding carboxylic acids is 2. The molecule has 0 aromatic heterocycles. The fourth-order valence-corrected chi connectivity index (χ4v) is 2.32. The maximum absolute atomic E-state index is 13.6. The predicted molar refractivity (Wildman–Crippen MR) is 81.9 cm³/mol. The van der Waals surface area contributed by atoms with Crippen molar-refractivity contribution in [2.75, 3.05) is 6.54 Å². The summed E-state index contributed by atoms with van der Waals surface area (Å²) in [5, 5.41) is 2.51. The molecule has 0 atom stereocenters. The smallest absolute Gasteiger partial charge is 0.407 e. The van der Waals surface area contributed by atoms with Gasteiger partial charge < -0.3 is 10.1 Å². The Morgan fingerprint density at radius 2 is 1.91 bits per heavy atom. The summed E-state index contributed by atoms with van der Waals surface area (Å²) < 4.78 is 31.7. The summed E-state index contributed by atoms with van der Waals surface area (Å²) in [6, 6.07) is 1.70. The summed E-state index contributed by atoms with van der Waals surface area (Å²) >= 11 is 2.97. The van der Waals surface area contributed by atoms with Gasteiger partial charge in [-0.05, 0) is 49.2 Å². The summed E-state index contributed by atoms with van der Waals surface area (Å²) in [6.07, 6.45) is -0.229. The highest BCUT2D eigenvalue weighted by atomic mass is 79.9. The van der Waals surface area contributed by atoms with Gasteiger partial charge in [0.15, 0.2) is 5.78 Å². The Labute approximate surface area is 136 Å². The van der Waals surface area contributed by atoms with Crippen molar-refractivity contribution >= 4 is 27.8 Å². The van der Waals surface area contributed by atoms with E-state index < -0.39 is 29.1 Å². The van der Waals surface area contributed by atoms with Crippen LogP contribution in [0.15, 0.2) is 16.6 Å². The number of alkyl carbamates (subject to hydrolysis) is 1. The van der Waals surface area contributed by atoms with Gasteiger partial charge in [-0.2, -0.15) is 0 Å². The third-order valence-electron chi connectivity index (χ3n) is 2.53. The molecule has 1 aromatic rings. The Bertz CT molecular complexity index is 547. The van der Waals surface area contributed by atoms with Crippen LogP contribution in [0, 0.1) is 11.6 Å². The Hall–Kier alpha value is -1.50. The maximum atomic E-state index is 13.6. The lowest BCUT2D eigenvalue weighted by molar-refractivity contribution is 0.0525. The minimum atomic E-state index is -0.906. The first-order valence-electron chi connectivity index (χ1n) is 6.75. The van der Waals surface area contributed by atoms with Crippen LogP contribution >= 0.6 is 15.9 Å². The number of Topliss-reactive ketones (excluding diaryl/α,β-unsaturated/α-hetero) is 1. The van der Waals surface area contributed by atoms with Gasteiger partial charge in [0.05, 0.1) is 5.56 Å². The minimum absolute atomic E-state index is 0.0248. The van der Waals surface area contributed by atoms with E-state index in [0.717, 1.165) is 6.07 Å². The fourth-order valence-electron chi connectivity index (χ4n) is 1.69. The highest BCUT2D eigenvalue weighted by Crippen LogP contribution is 2.23. The molecule has 22 heavy (non-hydrogen) atoms. The van der Waals surface area contributed by atoms with E-state index in [2.05, 4.69) is 21.2 Å². The normalized spacial score (nSPS) is 11.2. The zero-order valence-electron chi connectivity index (χ0n) is 12.6. The second-order valence-electron chi connectivity index (χ2n) is 5.70. The summed E-state index contributed by atoms with van der Waals surface area (Å²) in [4.78, 5) is 23.3. The number of ketones is 1. The van der Waals surface area contributed by atoms with Crippen LogP contribution in [0.2, 0.25) is 0 Å². The average Bonchev–Trinajstić information content (AvgIpc) is 2.31. The van der Waals surface area contributed by atoms with Crippen LogP contribution in [0.5, 0.6) is 0 Å². The number of benzene rings is 1. The Morgan fingerprint density at radius 1 is 1.27 bits per heavy atom. The second-order valence-corrected chi connectivity index (χ2v) is 6.55. The molecule has 7 heteroatoms. The topological polar surface area (TPSA) is 55.4 Å². The van der Waals surface area contributed by atoms with Gasteiger partial charge in [-0.1, -0.05) is 0 Å². The van der Waals surface area contributed by atoms with Crippen LogP contribution in [0.25, 0.3) is 0 Å². The lowest BCUT2D eigenvalue weighted by atomic mass is 10.1. The molecule has 0 aliphatic heterocycles. The molecule has 0 bridgehead atoms. The number of carbonyl (C=O) groups is 2. The first-order valence-corrected chi connectivity index (χ1v) is 7.54. The number of halogens is 3. The van der Waals surface area contributed by atoms with Gasteiger partial charge in [-0.25, -0.2) is 13.6 Å². The fraction of sp³-hybridized carbons (Fsp3) is 0.467. The Morgan fingerprint density at radius 3 is 2.45 bits per heavy atom. The molecular weight excluding hydrogens is 360 g/mol. The van der Waals surface area contributed by atoms with Crippen molar-refractivity contribution in [3.8, 4) is 0 Å². The van der Waals surface area contributed by atoms with Crippen LogP contribution in [-0.2, 0) is 4.74 Å². The van der Waals surface area contributed by atoms with Crippen LogP contribution < -0.4 is 5.32 Å². The maximum Gasteiger partial charge on any atom is 0.407 e. The molecule has 0 radical (unpaired) electrons. The average molecular weight is 378 g/mol. The van der Waals surface area contributed by atoms with Crippen molar-refractivity contribution in [1.29, 1.82) is 0 Å².